The molecule has 0 saturated carbocycles. The van der Waals surface area contributed by atoms with Gasteiger partial charge in [0.25, 0.3) is 5.91 Å². The summed E-state index contributed by atoms with van der Waals surface area (Å²) < 4.78 is 0.790. The first-order valence-corrected chi connectivity index (χ1v) is 6.60. The van der Waals surface area contributed by atoms with Crippen LogP contribution in [-0.2, 0) is 0 Å². The first kappa shape index (κ1) is 13.7. The molecule has 2 aromatic rings. The summed E-state index contributed by atoms with van der Waals surface area (Å²) in [6, 6.07) is 12.1. The van der Waals surface area contributed by atoms with Gasteiger partial charge in [-0.3, -0.25) is 15.6 Å². The van der Waals surface area contributed by atoms with Gasteiger partial charge in [0, 0.05) is 15.2 Å². The highest BCUT2D eigenvalue weighted by atomic mass is 79.9. The molecule has 4 N–H and O–H groups in total. The van der Waals surface area contributed by atoms with Gasteiger partial charge in [0.05, 0.1) is 11.3 Å². The van der Waals surface area contributed by atoms with Crippen LogP contribution in [0.3, 0.4) is 0 Å². The van der Waals surface area contributed by atoms with Gasteiger partial charge in [-0.1, -0.05) is 27.5 Å². The fourth-order valence-electron chi connectivity index (χ4n) is 1.45. The van der Waals surface area contributed by atoms with Crippen molar-refractivity contribution in [2.45, 2.75) is 0 Å². The number of rotatable bonds is 3. The number of hydrazine groups is 1. The molecule has 0 atom stereocenters. The molecule has 0 heterocycles. The Balaban J connectivity index is 2.05. The average Bonchev–Trinajstić information content (AvgIpc) is 2.40. The molecule has 19 heavy (non-hydrogen) atoms. The van der Waals surface area contributed by atoms with Crippen molar-refractivity contribution in [3.05, 3.63) is 57.5 Å². The summed E-state index contributed by atoms with van der Waals surface area (Å²) >= 11 is 9.07. The van der Waals surface area contributed by atoms with Crippen molar-refractivity contribution in [2.24, 2.45) is 0 Å². The zero-order valence-corrected chi connectivity index (χ0v) is 12.1. The number of carbonyl (C=O) groups excluding carboxylic acids is 1. The zero-order chi connectivity index (χ0) is 13.8. The number of anilines is 2. The van der Waals surface area contributed by atoms with E-state index in [1.165, 1.54) is 0 Å². The molecule has 6 heteroatoms. The first-order valence-electron chi connectivity index (χ1n) is 5.43. The molecule has 0 aliphatic carbocycles. The minimum absolute atomic E-state index is 0.311. The zero-order valence-electron chi connectivity index (χ0n) is 9.78. The van der Waals surface area contributed by atoms with Crippen LogP contribution in [0.1, 0.15) is 10.4 Å². The van der Waals surface area contributed by atoms with Gasteiger partial charge in [0.1, 0.15) is 0 Å². The average molecular weight is 341 g/mol. The Morgan fingerprint density at radius 3 is 2.53 bits per heavy atom. The quantitative estimate of drug-likeness (QED) is 0.592. The van der Waals surface area contributed by atoms with Gasteiger partial charge < -0.3 is 5.73 Å². The van der Waals surface area contributed by atoms with Gasteiger partial charge in [-0.05, 0) is 42.5 Å². The van der Waals surface area contributed by atoms with Crippen LogP contribution in [-0.4, -0.2) is 5.91 Å². The third-order valence-corrected chi connectivity index (χ3v) is 3.17. The van der Waals surface area contributed by atoms with E-state index in [-0.39, 0.29) is 5.91 Å². The Kier molecular flexibility index (Phi) is 4.29. The van der Waals surface area contributed by atoms with Crippen LogP contribution in [0.4, 0.5) is 11.4 Å². The molecule has 2 rings (SSSR count). The predicted molar refractivity (Wildman–Crippen MR) is 81.1 cm³/mol. The Bertz CT molecular complexity index is 601. The number of carbonyl (C=O) groups is 1. The second kappa shape index (κ2) is 5.95. The van der Waals surface area contributed by atoms with Gasteiger partial charge >= 0.3 is 0 Å². The second-order valence-corrected chi connectivity index (χ2v) is 5.17. The van der Waals surface area contributed by atoms with Gasteiger partial charge in [-0.25, -0.2) is 0 Å². The van der Waals surface area contributed by atoms with Crippen molar-refractivity contribution in [1.29, 1.82) is 0 Å². The number of nitrogens with one attached hydrogen (secondary N) is 2. The maximum absolute atomic E-state index is 12.0. The lowest BCUT2D eigenvalue weighted by Crippen LogP contribution is -2.29. The normalized spacial score (nSPS) is 10.0. The fourth-order valence-corrected chi connectivity index (χ4v) is 1.94. The molecule has 0 aliphatic heterocycles. The molecule has 0 fully saturated rings. The molecule has 0 unspecified atom stereocenters. The number of halogens is 2. The molecule has 98 valence electrons. The van der Waals surface area contributed by atoms with E-state index >= 15 is 0 Å². The van der Waals surface area contributed by atoms with Crippen LogP contribution in [0.25, 0.3) is 0 Å². The molecule has 2 aromatic carbocycles. The van der Waals surface area contributed by atoms with E-state index in [0.717, 1.165) is 10.2 Å². The molecule has 0 aromatic heterocycles. The highest BCUT2D eigenvalue weighted by Crippen LogP contribution is 2.18. The van der Waals surface area contributed by atoms with Crippen LogP contribution >= 0.6 is 27.5 Å². The van der Waals surface area contributed by atoms with Crippen LogP contribution in [0, 0.1) is 0 Å². The van der Waals surface area contributed by atoms with E-state index < -0.39 is 0 Å². The third kappa shape index (κ3) is 3.62. The third-order valence-electron chi connectivity index (χ3n) is 2.42. The van der Waals surface area contributed by atoms with Crippen LogP contribution in [0.2, 0.25) is 5.02 Å². The van der Waals surface area contributed by atoms with Crippen LogP contribution in [0.5, 0.6) is 0 Å². The Hall–Kier alpha value is -1.72. The molecular weight excluding hydrogens is 330 g/mol. The van der Waals surface area contributed by atoms with E-state index in [9.17, 15) is 4.79 Å². The highest BCUT2D eigenvalue weighted by molar-refractivity contribution is 9.10. The molecule has 0 saturated heterocycles. The minimum Gasteiger partial charge on any atom is -0.398 e. The molecular formula is C13H11BrClN3O. The summed E-state index contributed by atoms with van der Waals surface area (Å²) in [6.45, 7) is 0. The largest absolute Gasteiger partial charge is 0.398 e. The highest BCUT2D eigenvalue weighted by Gasteiger charge is 2.09. The molecule has 0 bridgehead atoms. The molecule has 0 aliphatic rings. The number of nitrogens with two attached hydrogens (primary N) is 1. The summed E-state index contributed by atoms with van der Waals surface area (Å²) in [5.74, 6) is -0.311. The Morgan fingerprint density at radius 2 is 1.84 bits per heavy atom. The lowest BCUT2D eigenvalue weighted by Gasteiger charge is -2.10. The van der Waals surface area contributed by atoms with Gasteiger partial charge in [0.2, 0.25) is 0 Å². The van der Waals surface area contributed by atoms with E-state index in [0.29, 0.717) is 16.3 Å². The monoisotopic (exact) mass is 339 g/mol. The van der Waals surface area contributed by atoms with E-state index in [1.807, 2.05) is 0 Å². The maximum atomic E-state index is 12.0. The number of nitrogen functional groups attached to an aromatic ring is 1. The van der Waals surface area contributed by atoms with Gasteiger partial charge in [-0.15, -0.1) is 0 Å². The number of hydrogen-bond acceptors (Lipinski definition) is 3. The SMILES string of the molecule is Nc1ccc(Br)cc1C(=O)NNc1ccc(Cl)cc1. The van der Waals surface area contributed by atoms with Crippen molar-refractivity contribution in [3.63, 3.8) is 0 Å². The molecule has 0 spiro atoms. The number of amides is 1. The van der Waals surface area contributed by atoms with Gasteiger partial charge in [0.15, 0.2) is 0 Å². The summed E-state index contributed by atoms with van der Waals surface area (Å²) in [5, 5.41) is 0.633. The predicted octanol–water partition coefficient (Wildman–Crippen LogP) is 3.44. The maximum Gasteiger partial charge on any atom is 0.271 e. The Labute approximate surface area is 124 Å². The molecule has 4 nitrogen and oxygen atoms in total. The summed E-state index contributed by atoms with van der Waals surface area (Å²) in [5.41, 5.74) is 12.7. The lowest BCUT2D eigenvalue weighted by atomic mass is 10.2. The smallest absolute Gasteiger partial charge is 0.271 e. The van der Waals surface area contributed by atoms with Crippen molar-refractivity contribution in [1.82, 2.24) is 5.43 Å². The van der Waals surface area contributed by atoms with Crippen molar-refractivity contribution < 1.29 is 4.79 Å². The van der Waals surface area contributed by atoms with Crippen LogP contribution < -0.4 is 16.6 Å². The standard InChI is InChI=1S/C13H11BrClN3O/c14-8-1-6-12(16)11(7-8)13(19)18-17-10-4-2-9(15)3-5-10/h1-7,17H,16H2,(H,18,19). The summed E-state index contributed by atoms with van der Waals surface area (Å²) in [6.07, 6.45) is 0. The Morgan fingerprint density at radius 1 is 1.16 bits per heavy atom. The summed E-state index contributed by atoms with van der Waals surface area (Å²) in [4.78, 5) is 12.0. The van der Waals surface area contributed by atoms with Gasteiger partial charge in [-0.2, -0.15) is 0 Å². The minimum atomic E-state index is -0.311. The first-order chi connectivity index (χ1) is 9.06. The number of benzene rings is 2. The topological polar surface area (TPSA) is 67.2 Å². The van der Waals surface area contributed by atoms with Crippen LogP contribution in [0.15, 0.2) is 46.9 Å². The van der Waals surface area contributed by atoms with Crippen molar-refractivity contribution in [2.75, 3.05) is 11.2 Å². The van der Waals surface area contributed by atoms with E-state index in [4.69, 9.17) is 17.3 Å². The van der Waals surface area contributed by atoms with E-state index in [1.54, 1.807) is 42.5 Å². The second-order valence-electron chi connectivity index (χ2n) is 3.82. The van der Waals surface area contributed by atoms with Crippen molar-refractivity contribution >= 4 is 44.8 Å². The number of hydrogen-bond donors (Lipinski definition) is 3. The van der Waals surface area contributed by atoms with E-state index in [2.05, 4.69) is 26.8 Å². The molecule has 0 radical (unpaired) electrons. The fraction of sp³-hybridized carbons (Fsp3) is 0. The lowest BCUT2D eigenvalue weighted by molar-refractivity contribution is 0.0963. The summed E-state index contributed by atoms with van der Waals surface area (Å²) in [7, 11) is 0. The van der Waals surface area contributed by atoms with Crippen molar-refractivity contribution in [3.8, 4) is 0 Å². The molecule has 1 amide bonds.